The molecule has 28 heavy (non-hydrogen) atoms. The third-order valence-electron chi connectivity index (χ3n) is 4.97. The van der Waals surface area contributed by atoms with Gasteiger partial charge in [0.1, 0.15) is 34.5 Å². The maximum absolute atomic E-state index is 13.0. The molecule has 1 atom stereocenters. The van der Waals surface area contributed by atoms with Crippen LogP contribution in [0.1, 0.15) is 59.5 Å². The fourth-order valence-corrected chi connectivity index (χ4v) is 3.30. The molecule has 148 valence electrons. The number of carbonyl (C=O) groups excluding carboxylic acids is 2. The molecule has 0 saturated carbocycles. The van der Waals surface area contributed by atoms with Gasteiger partial charge in [-0.1, -0.05) is 44.2 Å². The first kappa shape index (κ1) is 19.9. The number of ether oxygens (including phenoxy) is 1. The van der Waals surface area contributed by atoms with Crippen molar-refractivity contribution in [3.8, 4) is 17.2 Å². The third kappa shape index (κ3) is 3.24. The third-order valence-corrected chi connectivity index (χ3v) is 4.97. The smallest absolute Gasteiger partial charge is 0.200 e. The van der Waals surface area contributed by atoms with E-state index in [-0.39, 0.29) is 34.4 Å². The lowest BCUT2D eigenvalue weighted by atomic mass is 9.89. The van der Waals surface area contributed by atoms with Crippen molar-refractivity contribution in [1.82, 2.24) is 0 Å². The highest BCUT2D eigenvalue weighted by atomic mass is 16.5. The molecule has 0 saturated heterocycles. The molecule has 3 N–H and O–H groups in total. The standard InChI is InChI=1S/C22H24O6/c1-11(2)17(23)16-20(26)15(18(24)12-8-6-5-7-9-12)19(25)13-10-14(22(3,4)27)28-21(13)16/h5-9,11,14,25-27H,10H2,1-4H3. The van der Waals surface area contributed by atoms with Crippen molar-refractivity contribution in [2.45, 2.75) is 45.8 Å². The highest BCUT2D eigenvalue weighted by Crippen LogP contribution is 2.49. The van der Waals surface area contributed by atoms with Crippen molar-refractivity contribution in [3.63, 3.8) is 0 Å². The summed E-state index contributed by atoms with van der Waals surface area (Å²) < 4.78 is 5.77. The number of Topliss-reactive ketones (excluding diaryl/α,β-unsaturated/α-hetero) is 1. The second-order valence-electron chi connectivity index (χ2n) is 7.93. The molecular weight excluding hydrogens is 360 g/mol. The molecule has 3 rings (SSSR count). The van der Waals surface area contributed by atoms with Crippen LogP contribution in [0, 0.1) is 5.92 Å². The Morgan fingerprint density at radius 2 is 1.68 bits per heavy atom. The number of ketones is 2. The molecule has 0 radical (unpaired) electrons. The number of aromatic hydroxyl groups is 2. The maximum atomic E-state index is 13.0. The Labute approximate surface area is 163 Å². The molecule has 0 bridgehead atoms. The van der Waals surface area contributed by atoms with Crippen LogP contribution in [0.2, 0.25) is 0 Å². The Bertz CT molecular complexity index is 938. The van der Waals surface area contributed by atoms with Crippen molar-refractivity contribution >= 4 is 11.6 Å². The molecule has 1 aliphatic heterocycles. The molecule has 0 aliphatic carbocycles. The molecule has 2 aromatic carbocycles. The fraction of sp³-hybridized carbons (Fsp3) is 0.364. The minimum absolute atomic E-state index is 0.0328. The molecule has 0 spiro atoms. The minimum Gasteiger partial charge on any atom is -0.507 e. The maximum Gasteiger partial charge on any atom is 0.200 e. The molecule has 2 aromatic rings. The lowest BCUT2D eigenvalue weighted by Crippen LogP contribution is -2.39. The van der Waals surface area contributed by atoms with Gasteiger partial charge in [0, 0.05) is 23.5 Å². The number of carbonyl (C=O) groups is 2. The monoisotopic (exact) mass is 384 g/mol. The fourth-order valence-electron chi connectivity index (χ4n) is 3.30. The summed E-state index contributed by atoms with van der Waals surface area (Å²) in [6.45, 7) is 6.45. The van der Waals surface area contributed by atoms with Gasteiger partial charge in [-0.25, -0.2) is 0 Å². The van der Waals surface area contributed by atoms with E-state index in [0.29, 0.717) is 0 Å². The van der Waals surface area contributed by atoms with Crippen LogP contribution in [0.15, 0.2) is 30.3 Å². The number of phenolic OH excluding ortho intramolecular Hbond substituents is 2. The van der Waals surface area contributed by atoms with Crippen molar-refractivity contribution < 1.29 is 29.6 Å². The van der Waals surface area contributed by atoms with E-state index in [9.17, 15) is 24.9 Å². The first-order chi connectivity index (χ1) is 13.0. The first-order valence-electron chi connectivity index (χ1n) is 9.17. The number of aliphatic hydroxyl groups is 1. The lowest BCUT2D eigenvalue weighted by Gasteiger charge is -2.25. The van der Waals surface area contributed by atoms with E-state index in [2.05, 4.69) is 0 Å². The average molecular weight is 384 g/mol. The summed E-state index contributed by atoms with van der Waals surface area (Å²) in [7, 11) is 0. The Morgan fingerprint density at radius 3 is 2.21 bits per heavy atom. The topological polar surface area (TPSA) is 104 Å². The largest absolute Gasteiger partial charge is 0.507 e. The molecule has 6 heteroatoms. The molecule has 1 aliphatic rings. The number of phenols is 2. The zero-order valence-electron chi connectivity index (χ0n) is 16.3. The second kappa shape index (κ2) is 6.95. The van der Waals surface area contributed by atoms with E-state index >= 15 is 0 Å². The Hall–Kier alpha value is -2.86. The predicted octanol–water partition coefficient (Wildman–Crippen LogP) is 3.24. The van der Waals surface area contributed by atoms with Crippen LogP contribution in [0.25, 0.3) is 0 Å². The number of benzene rings is 2. The zero-order chi connectivity index (χ0) is 20.8. The van der Waals surface area contributed by atoms with Gasteiger partial charge in [-0.05, 0) is 13.8 Å². The van der Waals surface area contributed by atoms with Crippen LogP contribution in [0.3, 0.4) is 0 Å². The summed E-state index contributed by atoms with van der Waals surface area (Å²) in [4.78, 5) is 25.8. The van der Waals surface area contributed by atoms with Crippen molar-refractivity contribution in [3.05, 3.63) is 52.6 Å². The predicted molar refractivity (Wildman–Crippen MR) is 103 cm³/mol. The van der Waals surface area contributed by atoms with Crippen LogP contribution in [-0.2, 0) is 6.42 Å². The van der Waals surface area contributed by atoms with Crippen LogP contribution >= 0.6 is 0 Å². The Morgan fingerprint density at radius 1 is 1.07 bits per heavy atom. The number of hydrogen-bond donors (Lipinski definition) is 3. The van der Waals surface area contributed by atoms with E-state index in [0.717, 1.165) is 0 Å². The van der Waals surface area contributed by atoms with Crippen LogP contribution in [0.4, 0.5) is 0 Å². The van der Waals surface area contributed by atoms with Crippen LogP contribution < -0.4 is 4.74 Å². The van der Waals surface area contributed by atoms with E-state index < -0.39 is 40.7 Å². The average Bonchev–Trinajstić information content (AvgIpc) is 3.08. The van der Waals surface area contributed by atoms with E-state index in [1.807, 2.05) is 0 Å². The van der Waals surface area contributed by atoms with Gasteiger partial charge in [0.2, 0.25) is 5.78 Å². The minimum atomic E-state index is -1.25. The highest BCUT2D eigenvalue weighted by Gasteiger charge is 2.42. The van der Waals surface area contributed by atoms with Gasteiger partial charge in [-0.3, -0.25) is 9.59 Å². The van der Waals surface area contributed by atoms with Crippen LogP contribution in [-0.4, -0.2) is 38.6 Å². The molecular formula is C22H24O6. The molecule has 6 nitrogen and oxygen atoms in total. The summed E-state index contributed by atoms with van der Waals surface area (Å²) in [6.07, 6.45) is -0.619. The lowest BCUT2D eigenvalue weighted by molar-refractivity contribution is -0.0232. The molecule has 0 fully saturated rings. The molecule has 1 heterocycles. The Kier molecular flexibility index (Phi) is 4.93. The quantitative estimate of drug-likeness (QED) is 0.684. The molecule has 0 aromatic heterocycles. The zero-order valence-corrected chi connectivity index (χ0v) is 16.3. The summed E-state index contributed by atoms with van der Waals surface area (Å²) >= 11 is 0. The number of hydrogen-bond acceptors (Lipinski definition) is 6. The van der Waals surface area contributed by atoms with Gasteiger partial charge in [0.25, 0.3) is 0 Å². The first-order valence-corrected chi connectivity index (χ1v) is 9.17. The van der Waals surface area contributed by atoms with Gasteiger partial charge in [-0.15, -0.1) is 0 Å². The van der Waals surface area contributed by atoms with Crippen molar-refractivity contribution in [2.75, 3.05) is 0 Å². The number of rotatable bonds is 5. The molecule has 0 amide bonds. The van der Waals surface area contributed by atoms with Gasteiger partial charge < -0.3 is 20.1 Å². The Balaban J connectivity index is 2.25. The number of fused-ring (bicyclic) bond motifs is 1. The van der Waals surface area contributed by atoms with Crippen molar-refractivity contribution in [1.29, 1.82) is 0 Å². The second-order valence-corrected chi connectivity index (χ2v) is 7.93. The van der Waals surface area contributed by atoms with Crippen LogP contribution in [0.5, 0.6) is 17.2 Å². The van der Waals surface area contributed by atoms with E-state index in [1.54, 1.807) is 58.0 Å². The van der Waals surface area contributed by atoms with Gasteiger partial charge in [-0.2, -0.15) is 0 Å². The summed E-state index contributed by atoms with van der Waals surface area (Å²) in [6, 6.07) is 8.21. The van der Waals surface area contributed by atoms with E-state index in [4.69, 9.17) is 4.74 Å². The normalized spacial score (nSPS) is 16.0. The van der Waals surface area contributed by atoms with Gasteiger partial charge >= 0.3 is 0 Å². The van der Waals surface area contributed by atoms with Gasteiger partial charge in [0.05, 0.1) is 5.60 Å². The van der Waals surface area contributed by atoms with Gasteiger partial charge in [0.15, 0.2) is 5.78 Å². The van der Waals surface area contributed by atoms with E-state index in [1.165, 1.54) is 0 Å². The molecule has 1 unspecified atom stereocenters. The SMILES string of the molecule is CC(C)C(=O)c1c(O)c(C(=O)c2ccccc2)c(O)c2c1OC(C(C)(C)O)C2. The summed E-state index contributed by atoms with van der Waals surface area (Å²) in [5.74, 6) is -2.46. The summed E-state index contributed by atoms with van der Waals surface area (Å²) in [5.41, 5.74) is -1.19. The van der Waals surface area contributed by atoms with Crippen molar-refractivity contribution in [2.24, 2.45) is 5.92 Å². The highest BCUT2D eigenvalue weighted by molar-refractivity contribution is 6.16. The summed E-state index contributed by atoms with van der Waals surface area (Å²) in [5, 5.41) is 32.0.